The van der Waals surface area contributed by atoms with Crippen molar-refractivity contribution in [2.24, 2.45) is 5.41 Å². The van der Waals surface area contributed by atoms with Crippen molar-refractivity contribution in [3.8, 4) is 0 Å². The SMILES string of the molecule is CC1(C)CC(=O)N(c2cccnc2)C1=O. The number of rotatable bonds is 1. The summed E-state index contributed by atoms with van der Waals surface area (Å²) >= 11 is 0. The van der Waals surface area contributed by atoms with E-state index in [9.17, 15) is 9.59 Å². The van der Waals surface area contributed by atoms with E-state index in [1.165, 1.54) is 11.1 Å². The molecule has 78 valence electrons. The second kappa shape index (κ2) is 3.15. The van der Waals surface area contributed by atoms with Crippen LogP contribution in [0.5, 0.6) is 0 Å². The van der Waals surface area contributed by atoms with Gasteiger partial charge in [0.25, 0.3) is 0 Å². The van der Waals surface area contributed by atoms with E-state index in [0.29, 0.717) is 5.69 Å². The zero-order valence-electron chi connectivity index (χ0n) is 8.73. The number of carbonyl (C=O) groups excluding carboxylic acids is 2. The van der Waals surface area contributed by atoms with Gasteiger partial charge in [0.2, 0.25) is 11.8 Å². The van der Waals surface area contributed by atoms with E-state index in [1.807, 2.05) is 0 Å². The lowest BCUT2D eigenvalue weighted by Crippen LogP contribution is -2.32. The number of amides is 2. The molecular weight excluding hydrogens is 192 g/mol. The van der Waals surface area contributed by atoms with E-state index in [2.05, 4.69) is 4.98 Å². The summed E-state index contributed by atoms with van der Waals surface area (Å²) in [5.74, 6) is -0.307. The number of nitrogens with zero attached hydrogens (tertiary/aromatic N) is 2. The molecule has 0 aliphatic carbocycles. The van der Waals surface area contributed by atoms with Gasteiger partial charge in [-0.15, -0.1) is 0 Å². The molecule has 2 amide bonds. The van der Waals surface area contributed by atoms with Gasteiger partial charge in [0, 0.05) is 12.6 Å². The smallest absolute Gasteiger partial charge is 0.239 e. The molecule has 4 nitrogen and oxygen atoms in total. The molecule has 15 heavy (non-hydrogen) atoms. The van der Waals surface area contributed by atoms with Crippen molar-refractivity contribution in [3.63, 3.8) is 0 Å². The summed E-state index contributed by atoms with van der Waals surface area (Å²) in [7, 11) is 0. The highest BCUT2D eigenvalue weighted by atomic mass is 16.2. The average Bonchev–Trinajstić information content (AvgIpc) is 2.38. The van der Waals surface area contributed by atoms with Crippen LogP contribution in [0.4, 0.5) is 5.69 Å². The Kier molecular flexibility index (Phi) is 2.07. The standard InChI is InChI=1S/C11H12N2O2/c1-11(2)6-9(14)13(10(11)15)8-4-3-5-12-7-8/h3-5,7H,6H2,1-2H3. The molecule has 1 saturated heterocycles. The van der Waals surface area contributed by atoms with Gasteiger partial charge in [0.05, 0.1) is 17.3 Å². The Hall–Kier alpha value is -1.71. The van der Waals surface area contributed by atoms with Crippen LogP contribution in [0.25, 0.3) is 0 Å². The molecule has 0 N–H and O–H groups in total. The van der Waals surface area contributed by atoms with Crippen LogP contribution in [0.15, 0.2) is 24.5 Å². The zero-order valence-corrected chi connectivity index (χ0v) is 8.73. The predicted octanol–water partition coefficient (Wildman–Crippen LogP) is 1.37. The molecular formula is C11H12N2O2. The first-order chi connectivity index (χ1) is 7.02. The quantitative estimate of drug-likeness (QED) is 0.649. The van der Waals surface area contributed by atoms with Gasteiger partial charge in [0.15, 0.2) is 0 Å². The minimum Gasteiger partial charge on any atom is -0.274 e. The van der Waals surface area contributed by atoms with Gasteiger partial charge in [-0.1, -0.05) is 13.8 Å². The van der Waals surface area contributed by atoms with Gasteiger partial charge in [-0.3, -0.25) is 14.6 Å². The van der Waals surface area contributed by atoms with Crippen LogP contribution in [0, 0.1) is 5.41 Å². The maximum absolute atomic E-state index is 11.9. The Labute approximate surface area is 87.9 Å². The van der Waals surface area contributed by atoms with Crippen LogP contribution >= 0.6 is 0 Å². The molecule has 4 heteroatoms. The first kappa shape index (κ1) is 9.83. The molecule has 0 aromatic carbocycles. The molecule has 0 saturated carbocycles. The molecule has 1 aromatic heterocycles. The summed E-state index contributed by atoms with van der Waals surface area (Å²) < 4.78 is 0. The van der Waals surface area contributed by atoms with E-state index in [0.717, 1.165) is 0 Å². The summed E-state index contributed by atoms with van der Waals surface area (Å²) in [6, 6.07) is 3.42. The van der Waals surface area contributed by atoms with Gasteiger partial charge < -0.3 is 0 Å². The van der Waals surface area contributed by atoms with Crippen molar-refractivity contribution >= 4 is 17.5 Å². The highest BCUT2D eigenvalue weighted by Gasteiger charge is 2.45. The van der Waals surface area contributed by atoms with Gasteiger partial charge >= 0.3 is 0 Å². The number of carbonyl (C=O) groups is 2. The fourth-order valence-corrected chi connectivity index (χ4v) is 1.70. The van der Waals surface area contributed by atoms with Crippen LogP contribution < -0.4 is 4.90 Å². The molecule has 1 aromatic rings. The first-order valence-corrected chi connectivity index (χ1v) is 4.80. The van der Waals surface area contributed by atoms with E-state index < -0.39 is 5.41 Å². The normalized spacial score (nSPS) is 19.7. The summed E-state index contributed by atoms with van der Waals surface area (Å²) in [4.78, 5) is 28.7. The lowest BCUT2D eigenvalue weighted by Gasteiger charge is -2.17. The number of anilines is 1. The van der Waals surface area contributed by atoms with Crippen molar-refractivity contribution in [3.05, 3.63) is 24.5 Å². The van der Waals surface area contributed by atoms with E-state index in [4.69, 9.17) is 0 Å². The summed E-state index contributed by atoms with van der Waals surface area (Å²) in [5, 5.41) is 0. The first-order valence-electron chi connectivity index (χ1n) is 4.80. The predicted molar refractivity (Wildman–Crippen MR) is 55.1 cm³/mol. The monoisotopic (exact) mass is 204 g/mol. The number of hydrogen-bond donors (Lipinski definition) is 0. The molecule has 2 heterocycles. The Balaban J connectivity index is 2.40. The second-order valence-electron chi connectivity index (χ2n) is 4.31. The fourth-order valence-electron chi connectivity index (χ4n) is 1.70. The van der Waals surface area contributed by atoms with E-state index in [-0.39, 0.29) is 18.2 Å². The summed E-state index contributed by atoms with van der Waals surface area (Å²) in [6.45, 7) is 3.56. The van der Waals surface area contributed by atoms with E-state index in [1.54, 1.807) is 32.2 Å². The van der Waals surface area contributed by atoms with Gasteiger partial charge in [-0.25, -0.2) is 4.90 Å². The maximum Gasteiger partial charge on any atom is 0.239 e. The molecule has 0 atom stereocenters. The van der Waals surface area contributed by atoms with Gasteiger partial charge in [-0.2, -0.15) is 0 Å². The summed E-state index contributed by atoms with van der Waals surface area (Å²) in [6.07, 6.45) is 3.40. The third-order valence-corrected chi connectivity index (χ3v) is 2.53. The lowest BCUT2D eigenvalue weighted by atomic mass is 9.92. The molecule has 0 bridgehead atoms. The minimum absolute atomic E-state index is 0.152. The molecule has 2 rings (SSSR count). The van der Waals surface area contributed by atoms with E-state index >= 15 is 0 Å². The van der Waals surface area contributed by atoms with Crippen LogP contribution in [0.1, 0.15) is 20.3 Å². The topological polar surface area (TPSA) is 50.3 Å². The van der Waals surface area contributed by atoms with Crippen LogP contribution in [-0.2, 0) is 9.59 Å². The van der Waals surface area contributed by atoms with Crippen LogP contribution in [-0.4, -0.2) is 16.8 Å². The highest BCUT2D eigenvalue weighted by molar-refractivity contribution is 6.22. The Bertz CT molecular complexity index is 412. The third kappa shape index (κ3) is 1.52. The van der Waals surface area contributed by atoms with Crippen LogP contribution in [0.3, 0.4) is 0 Å². The van der Waals surface area contributed by atoms with Crippen molar-refractivity contribution in [1.82, 2.24) is 4.98 Å². The minimum atomic E-state index is -0.590. The van der Waals surface area contributed by atoms with Gasteiger partial charge in [-0.05, 0) is 12.1 Å². The molecule has 0 unspecified atom stereocenters. The number of hydrogen-bond acceptors (Lipinski definition) is 3. The molecule has 1 aliphatic rings. The van der Waals surface area contributed by atoms with Crippen molar-refractivity contribution in [2.75, 3.05) is 4.90 Å². The van der Waals surface area contributed by atoms with Crippen molar-refractivity contribution in [2.45, 2.75) is 20.3 Å². The fraction of sp³-hybridized carbons (Fsp3) is 0.364. The zero-order chi connectivity index (χ0) is 11.1. The van der Waals surface area contributed by atoms with Crippen molar-refractivity contribution in [1.29, 1.82) is 0 Å². The van der Waals surface area contributed by atoms with Crippen molar-refractivity contribution < 1.29 is 9.59 Å². The number of pyridine rings is 1. The molecule has 1 fully saturated rings. The third-order valence-electron chi connectivity index (χ3n) is 2.53. The Morgan fingerprint density at radius 1 is 1.40 bits per heavy atom. The summed E-state index contributed by atoms with van der Waals surface area (Å²) in [5.41, 5.74) is -0.0366. The second-order valence-corrected chi connectivity index (χ2v) is 4.31. The molecule has 0 radical (unpaired) electrons. The number of imide groups is 1. The Morgan fingerprint density at radius 3 is 2.60 bits per heavy atom. The largest absolute Gasteiger partial charge is 0.274 e. The highest BCUT2D eigenvalue weighted by Crippen LogP contribution is 2.34. The van der Waals surface area contributed by atoms with Crippen LogP contribution in [0.2, 0.25) is 0 Å². The maximum atomic E-state index is 11.9. The Morgan fingerprint density at radius 2 is 2.13 bits per heavy atom. The van der Waals surface area contributed by atoms with Gasteiger partial charge in [0.1, 0.15) is 0 Å². The molecule has 1 aliphatic heterocycles. The lowest BCUT2D eigenvalue weighted by molar-refractivity contribution is -0.124. The average molecular weight is 204 g/mol. The molecule has 0 spiro atoms. The number of aromatic nitrogens is 1.